The summed E-state index contributed by atoms with van der Waals surface area (Å²) in [4.78, 5) is 8.30. The fraction of sp³-hybridized carbons (Fsp3) is 0.0909. The normalized spacial score (nSPS) is 10.2. The van der Waals surface area contributed by atoms with Crippen LogP contribution in [0.2, 0.25) is 0 Å². The summed E-state index contributed by atoms with van der Waals surface area (Å²) < 4.78 is 7.24. The molecule has 0 radical (unpaired) electrons. The summed E-state index contributed by atoms with van der Waals surface area (Å²) >= 11 is 6.71. The third-order valence-corrected chi connectivity index (χ3v) is 2.90. The molecule has 1 aromatic heterocycles. The first-order chi connectivity index (χ1) is 7.65. The molecule has 5 heteroatoms. The second kappa shape index (κ2) is 4.93. The summed E-state index contributed by atoms with van der Waals surface area (Å²) in [6.07, 6.45) is 0. The van der Waals surface area contributed by atoms with E-state index < -0.39 is 0 Å². The summed E-state index contributed by atoms with van der Waals surface area (Å²) in [5.74, 6) is 1.91. The van der Waals surface area contributed by atoms with Crippen molar-refractivity contribution in [3.63, 3.8) is 0 Å². The molecule has 0 aliphatic heterocycles. The van der Waals surface area contributed by atoms with E-state index in [0.29, 0.717) is 16.3 Å². The SMILES string of the molecule is Cc1nc(Br)cc(Oc2ccccc2Br)n1. The summed E-state index contributed by atoms with van der Waals surface area (Å²) in [5, 5.41) is 0. The molecule has 82 valence electrons. The van der Waals surface area contributed by atoms with Crippen molar-refractivity contribution in [1.29, 1.82) is 0 Å². The molecular weight excluding hydrogens is 336 g/mol. The van der Waals surface area contributed by atoms with E-state index in [4.69, 9.17) is 4.74 Å². The quantitative estimate of drug-likeness (QED) is 0.770. The van der Waals surface area contributed by atoms with Gasteiger partial charge in [-0.25, -0.2) is 4.98 Å². The van der Waals surface area contributed by atoms with Crippen LogP contribution in [0.1, 0.15) is 5.82 Å². The van der Waals surface area contributed by atoms with Gasteiger partial charge in [-0.05, 0) is 50.9 Å². The monoisotopic (exact) mass is 342 g/mol. The first kappa shape index (κ1) is 11.5. The third kappa shape index (κ3) is 2.80. The van der Waals surface area contributed by atoms with Crippen LogP contribution in [0, 0.1) is 6.92 Å². The zero-order chi connectivity index (χ0) is 11.5. The molecule has 1 heterocycles. The Labute approximate surface area is 110 Å². The lowest BCUT2D eigenvalue weighted by atomic mass is 10.3. The Hall–Kier alpha value is -0.940. The number of benzene rings is 1. The second-order valence-electron chi connectivity index (χ2n) is 3.11. The maximum absolute atomic E-state index is 5.64. The maximum atomic E-state index is 5.64. The molecular formula is C11H8Br2N2O. The Balaban J connectivity index is 2.30. The smallest absolute Gasteiger partial charge is 0.223 e. The van der Waals surface area contributed by atoms with Crippen molar-refractivity contribution in [3.05, 3.63) is 45.2 Å². The number of aryl methyl sites for hydroxylation is 1. The van der Waals surface area contributed by atoms with Crippen LogP contribution >= 0.6 is 31.9 Å². The number of halogens is 2. The van der Waals surface area contributed by atoms with Crippen LogP contribution in [-0.4, -0.2) is 9.97 Å². The number of hydrogen-bond donors (Lipinski definition) is 0. The van der Waals surface area contributed by atoms with Gasteiger partial charge in [0.05, 0.1) is 4.47 Å². The Kier molecular flexibility index (Phi) is 3.56. The van der Waals surface area contributed by atoms with Gasteiger partial charge in [0.25, 0.3) is 0 Å². The molecule has 0 N–H and O–H groups in total. The van der Waals surface area contributed by atoms with Crippen molar-refractivity contribution in [3.8, 4) is 11.6 Å². The lowest BCUT2D eigenvalue weighted by Gasteiger charge is -2.07. The van der Waals surface area contributed by atoms with E-state index in [0.717, 1.165) is 10.2 Å². The highest BCUT2D eigenvalue weighted by Gasteiger charge is 2.04. The highest BCUT2D eigenvalue weighted by atomic mass is 79.9. The number of rotatable bonds is 2. The van der Waals surface area contributed by atoms with Gasteiger partial charge in [-0.2, -0.15) is 4.98 Å². The minimum Gasteiger partial charge on any atom is -0.438 e. The molecule has 0 unspecified atom stereocenters. The average molecular weight is 344 g/mol. The molecule has 0 saturated heterocycles. The van der Waals surface area contributed by atoms with Gasteiger partial charge >= 0.3 is 0 Å². The van der Waals surface area contributed by atoms with E-state index >= 15 is 0 Å². The molecule has 0 bridgehead atoms. The van der Waals surface area contributed by atoms with Crippen LogP contribution in [0.3, 0.4) is 0 Å². The van der Waals surface area contributed by atoms with Crippen LogP contribution < -0.4 is 4.74 Å². The predicted octanol–water partition coefficient (Wildman–Crippen LogP) is 4.10. The van der Waals surface area contributed by atoms with Gasteiger partial charge in [0.15, 0.2) is 0 Å². The van der Waals surface area contributed by atoms with E-state index in [9.17, 15) is 0 Å². The largest absolute Gasteiger partial charge is 0.438 e. The zero-order valence-corrected chi connectivity index (χ0v) is 11.6. The van der Waals surface area contributed by atoms with Crippen LogP contribution in [0.5, 0.6) is 11.6 Å². The predicted molar refractivity (Wildman–Crippen MR) is 68.7 cm³/mol. The summed E-state index contributed by atoms with van der Waals surface area (Å²) in [6, 6.07) is 9.35. The number of hydrogen-bond acceptors (Lipinski definition) is 3. The second-order valence-corrected chi connectivity index (χ2v) is 4.78. The highest BCUT2D eigenvalue weighted by molar-refractivity contribution is 9.10. The van der Waals surface area contributed by atoms with E-state index in [1.165, 1.54) is 0 Å². The third-order valence-electron chi connectivity index (χ3n) is 1.83. The van der Waals surface area contributed by atoms with Crippen molar-refractivity contribution in [1.82, 2.24) is 9.97 Å². The van der Waals surface area contributed by atoms with Crippen LogP contribution in [0.25, 0.3) is 0 Å². The summed E-state index contributed by atoms with van der Waals surface area (Å²) in [6.45, 7) is 1.82. The fourth-order valence-electron chi connectivity index (χ4n) is 1.20. The minimum absolute atomic E-state index is 0.520. The highest BCUT2D eigenvalue weighted by Crippen LogP contribution is 2.28. The van der Waals surface area contributed by atoms with Crippen molar-refractivity contribution in [2.24, 2.45) is 0 Å². The van der Waals surface area contributed by atoms with Crippen LogP contribution in [0.4, 0.5) is 0 Å². The molecule has 0 aliphatic carbocycles. The Morgan fingerprint density at radius 1 is 1.12 bits per heavy atom. The first-order valence-corrected chi connectivity index (χ1v) is 6.17. The van der Waals surface area contributed by atoms with Gasteiger partial charge in [0.1, 0.15) is 16.2 Å². The van der Waals surface area contributed by atoms with E-state index in [-0.39, 0.29) is 0 Å². The van der Waals surface area contributed by atoms with E-state index in [1.54, 1.807) is 6.07 Å². The fourth-order valence-corrected chi connectivity index (χ4v) is 2.02. The van der Waals surface area contributed by atoms with Gasteiger partial charge in [-0.1, -0.05) is 12.1 Å². The van der Waals surface area contributed by atoms with Gasteiger partial charge < -0.3 is 4.74 Å². The molecule has 0 fully saturated rings. The van der Waals surface area contributed by atoms with Gasteiger partial charge in [-0.3, -0.25) is 0 Å². The molecule has 0 spiro atoms. The zero-order valence-electron chi connectivity index (χ0n) is 8.45. The van der Waals surface area contributed by atoms with Gasteiger partial charge in [0, 0.05) is 6.07 Å². The van der Waals surface area contributed by atoms with E-state index in [2.05, 4.69) is 41.8 Å². The number of aromatic nitrogens is 2. The topological polar surface area (TPSA) is 35.0 Å². The molecule has 0 aliphatic rings. The minimum atomic E-state index is 0.520. The van der Waals surface area contributed by atoms with Gasteiger partial charge in [0.2, 0.25) is 5.88 Å². The Bertz CT molecular complexity index is 497. The number of ether oxygens (including phenoxy) is 1. The molecule has 0 atom stereocenters. The lowest BCUT2D eigenvalue weighted by Crippen LogP contribution is -1.93. The Morgan fingerprint density at radius 2 is 1.88 bits per heavy atom. The molecule has 2 rings (SSSR count). The number of para-hydroxylation sites is 1. The van der Waals surface area contributed by atoms with Crippen molar-refractivity contribution in [2.75, 3.05) is 0 Å². The summed E-state index contributed by atoms with van der Waals surface area (Å²) in [5.41, 5.74) is 0. The van der Waals surface area contributed by atoms with Crippen LogP contribution in [-0.2, 0) is 0 Å². The summed E-state index contributed by atoms with van der Waals surface area (Å²) in [7, 11) is 0. The molecule has 0 amide bonds. The maximum Gasteiger partial charge on any atom is 0.223 e. The van der Waals surface area contributed by atoms with E-state index in [1.807, 2.05) is 31.2 Å². The molecule has 0 saturated carbocycles. The molecule has 3 nitrogen and oxygen atoms in total. The molecule has 16 heavy (non-hydrogen) atoms. The van der Waals surface area contributed by atoms with Crippen molar-refractivity contribution >= 4 is 31.9 Å². The molecule has 2 aromatic rings. The number of nitrogens with zero attached hydrogens (tertiary/aromatic N) is 2. The van der Waals surface area contributed by atoms with Gasteiger partial charge in [-0.15, -0.1) is 0 Å². The lowest BCUT2D eigenvalue weighted by molar-refractivity contribution is 0.456. The van der Waals surface area contributed by atoms with Crippen LogP contribution in [0.15, 0.2) is 39.4 Å². The van der Waals surface area contributed by atoms with Crippen molar-refractivity contribution in [2.45, 2.75) is 6.92 Å². The first-order valence-electron chi connectivity index (χ1n) is 4.59. The van der Waals surface area contributed by atoms with Crippen molar-refractivity contribution < 1.29 is 4.74 Å². The Morgan fingerprint density at radius 3 is 2.56 bits per heavy atom. The molecule has 1 aromatic carbocycles. The standard InChI is InChI=1S/C11H8Br2N2O/c1-7-14-10(13)6-11(15-7)16-9-5-3-2-4-8(9)12/h2-6H,1H3. The average Bonchev–Trinajstić information content (AvgIpc) is 2.20.